The van der Waals surface area contributed by atoms with E-state index in [-0.39, 0.29) is 0 Å². The Morgan fingerprint density at radius 2 is 1.71 bits per heavy atom. The third-order valence-corrected chi connectivity index (χ3v) is 2.70. The van der Waals surface area contributed by atoms with Crippen LogP contribution < -0.4 is 0 Å². The maximum atomic E-state index is 9.74. The maximum Gasteiger partial charge on any atom is 0.121 e. The fraction of sp³-hybridized carbons (Fsp3) is 0.538. The number of phenols is 1. The first-order valence-electron chi connectivity index (χ1n) is 5.59. The molecule has 0 amide bonds. The average molecular weight is 192 g/mol. The Bertz CT molecular complexity index is 302. The number of phenolic OH excluding ortho intramolecular Hbond substituents is 1. The molecule has 1 aromatic carbocycles. The van der Waals surface area contributed by atoms with Crippen molar-refractivity contribution in [2.75, 3.05) is 0 Å². The van der Waals surface area contributed by atoms with E-state index in [9.17, 15) is 5.11 Å². The van der Waals surface area contributed by atoms with Crippen molar-refractivity contribution in [1.29, 1.82) is 0 Å². The monoisotopic (exact) mass is 192 g/mol. The molecule has 2 rings (SSSR count). The molecule has 1 N–H and O–H groups in total. The third kappa shape index (κ3) is 2.09. The molecular weight excluding hydrogens is 172 g/mol. The van der Waals surface area contributed by atoms with Crippen LogP contribution in [-0.2, 0) is 12.8 Å². The van der Waals surface area contributed by atoms with Crippen LogP contribution in [0.25, 0.3) is 0 Å². The number of fused-ring (bicyclic) bond motifs is 1. The Morgan fingerprint density at radius 1 is 1.07 bits per heavy atom. The lowest BCUT2D eigenvalue weighted by atomic mass is 9.90. The van der Waals surface area contributed by atoms with Crippen molar-refractivity contribution < 1.29 is 5.11 Å². The van der Waals surface area contributed by atoms with Crippen LogP contribution in [0.1, 0.15) is 43.4 Å². The highest BCUT2D eigenvalue weighted by molar-refractivity contribution is 5.45. The maximum absolute atomic E-state index is 9.74. The lowest BCUT2D eigenvalue weighted by Crippen LogP contribution is -2.03. The molecule has 0 fully saturated rings. The smallest absolute Gasteiger partial charge is 0.121 e. The number of aryl methyl sites for hydroxylation is 2. The van der Waals surface area contributed by atoms with Crippen LogP contribution in [0.15, 0.2) is 12.1 Å². The van der Waals surface area contributed by atoms with E-state index in [4.69, 9.17) is 0 Å². The number of benzene rings is 1. The van der Waals surface area contributed by atoms with E-state index in [1.165, 1.54) is 24.0 Å². The van der Waals surface area contributed by atoms with Crippen molar-refractivity contribution in [2.24, 2.45) is 0 Å². The second-order valence-electron chi connectivity index (χ2n) is 3.58. The first-order chi connectivity index (χ1) is 6.79. The van der Waals surface area contributed by atoms with Crippen LogP contribution in [0.2, 0.25) is 0 Å². The molecule has 1 heteroatoms. The van der Waals surface area contributed by atoms with Crippen molar-refractivity contribution in [2.45, 2.75) is 46.5 Å². The summed E-state index contributed by atoms with van der Waals surface area (Å²) < 4.78 is 0. The van der Waals surface area contributed by atoms with Crippen LogP contribution in [0.4, 0.5) is 0 Å². The zero-order valence-electron chi connectivity index (χ0n) is 9.43. The second-order valence-corrected chi connectivity index (χ2v) is 3.58. The lowest BCUT2D eigenvalue weighted by molar-refractivity contribution is 0.458. The molecule has 0 atom stereocenters. The molecule has 0 unspecified atom stereocenters. The Kier molecular flexibility index (Phi) is 3.99. The Labute approximate surface area is 86.8 Å². The van der Waals surface area contributed by atoms with Gasteiger partial charge in [-0.2, -0.15) is 0 Å². The summed E-state index contributed by atoms with van der Waals surface area (Å²) in [6.07, 6.45) is 4.70. The molecule has 0 aliphatic heterocycles. The summed E-state index contributed by atoms with van der Waals surface area (Å²) in [5.74, 6) is 0.534. The van der Waals surface area contributed by atoms with Crippen molar-refractivity contribution in [3.63, 3.8) is 0 Å². The predicted octanol–water partition coefficient (Wildman–Crippen LogP) is 3.61. The topological polar surface area (TPSA) is 20.2 Å². The molecule has 0 heterocycles. The minimum Gasteiger partial charge on any atom is -0.507 e. The molecule has 0 saturated heterocycles. The summed E-state index contributed by atoms with van der Waals surface area (Å²) in [4.78, 5) is 0. The van der Waals surface area contributed by atoms with E-state index in [1.807, 2.05) is 26.8 Å². The highest BCUT2D eigenvalue weighted by Crippen LogP contribution is 2.31. The van der Waals surface area contributed by atoms with Crippen molar-refractivity contribution in [1.82, 2.24) is 0 Å². The molecule has 0 bridgehead atoms. The molecule has 0 aromatic heterocycles. The molecule has 1 aromatic rings. The van der Waals surface area contributed by atoms with Gasteiger partial charge in [-0.15, -0.1) is 0 Å². The fourth-order valence-electron chi connectivity index (χ4n) is 1.93. The van der Waals surface area contributed by atoms with Gasteiger partial charge in [0.1, 0.15) is 5.75 Å². The number of hydrogen-bond donors (Lipinski definition) is 1. The van der Waals surface area contributed by atoms with Gasteiger partial charge < -0.3 is 5.11 Å². The van der Waals surface area contributed by atoms with Gasteiger partial charge in [0.25, 0.3) is 0 Å². The highest BCUT2D eigenvalue weighted by atomic mass is 16.3. The van der Waals surface area contributed by atoms with E-state index in [0.717, 1.165) is 18.4 Å². The third-order valence-electron chi connectivity index (χ3n) is 2.70. The minimum atomic E-state index is 0.534. The molecule has 14 heavy (non-hydrogen) atoms. The number of hydrogen-bond acceptors (Lipinski definition) is 1. The van der Waals surface area contributed by atoms with Gasteiger partial charge in [0.2, 0.25) is 0 Å². The molecule has 0 spiro atoms. The van der Waals surface area contributed by atoms with Crippen LogP contribution in [0.3, 0.4) is 0 Å². The van der Waals surface area contributed by atoms with Gasteiger partial charge >= 0.3 is 0 Å². The van der Waals surface area contributed by atoms with Crippen molar-refractivity contribution >= 4 is 0 Å². The summed E-state index contributed by atoms with van der Waals surface area (Å²) in [6.45, 7) is 5.96. The molecule has 1 aliphatic carbocycles. The van der Waals surface area contributed by atoms with E-state index in [1.54, 1.807) is 0 Å². The first kappa shape index (κ1) is 11.1. The number of aromatic hydroxyl groups is 1. The molecule has 78 valence electrons. The van der Waals surface area contributed by atoms with Crippen LogP contribution in [0, 0.1) is 6.92 Å². The lowest BCUT2D eigenvalue weighted by Gasteiger charge is -2.17. The second kappa shape index (κ2) is 5.04. The molecule has 0 saturated carbocycles. The Morgan fingerprint density at radius 3 is 2.43 bits per heavy atom. The zero-order valence-corrected chi connectivity index (χ0v) is 9.43. The molecule has 1 nitrogen and oxygen atoms in total. The summed E-state index contributed by atoms with van der Waals surface area (Å²) in [7, 11) is 0. The number of rotatable bonds is 0. The summed E-state index contributed by atoms with van der Waals surface area (Å²) in [5, 5.41) is 9.74. The van der Waals surface area contributed by atoms with Gasteiger partial charge in [0, 0.05) is 0 Å². The van der Waals surface area contributed by atoms with Gasteiger partial charge in [0.15, 0.2) is 0 Å². The van der Waals surface area contributed by atoms with E-state index in [0.29, 0.717) is 5.75 Å². The summed E-state index contributed by atoms with van der Waals surface area (Å²) in [6, 6.07) is 4.17. The van der Waals surface area contributed by atoms with E-state index >= 15 is 0 Å². The fourth-order valence-corrected chi connectivity index (χ4v) is 1.93. The normalized spacial score (nSPS) is 13.9. The van der Waals surface area contributed by atoms with Gasteiger partial charge in [-0.25, -0.2) is 0 Å². The summed E-state index contributed by atoms with van der Waals surface area (Å²) in [5.41, 5.74) is 3.56. The van der Waals surface area contributed by atoms with E-state index in [2.05, 4.69) is 6.07 Å². The molecule has 0 radical (unpaired) electrons. The van der Waals surface area contributed by atoms with Gasteiger partial charge in [-0.3, -0.25) is 0 Å². The van der Waals surface area contributed by atoms with Crippen LogP contribution in [-0.4, -0.2) is 5.11 Å². The highest BCUT2D eigenvalue weighted by Gasteiger charge is 2.13. The largest absolute Gasteiger partial charge is 0.507 e. The van der Waals surface area contributed by atoms with E-state index < -0.39 is 0 Å². The van der Waals surface area contributed by atoms with Gasteiger partial charge in [0.05, 0.1) is 0 Å². The average Bonchev–Trinajstić information content (AvgIpc) is 2.27. The Hall–Kier alpha value is -0.980. The van der Waals surface area contributed by atoms with Gasteiger partial charge in [-0.1, -0.05) is 26.0 Å². The van der Waals surface area contributed by atoms with Crippen LogP contribution >= 0.6 is 0 Å². The molecule has 1 aliphatic rings. The minimum absolute atomic E-state index is 0.534. The summed E-state index contributed by atoms with van der Waals surface area (Å²) >= 11 is 0. The van der Waals surface area contributed by atoms with Crippen molar-refractivity contribution in [3.05, 3.63) is 28.8 Å². The molecular formula is C13H20O. The quantitative estimate of drug-likeness (QED) is 0.665. The standard InChI is InChI=1S/C11H14O.C2H6/c1-8-6-7-9-4-2-3-5-10(9)11(8)12;1-2/h6-7,12H,2-5H2,1H3;1-2H3. The van der Waals surface area contributed by atoms with Gasteiger partial charge in [-0.05, 0) is 49.3 Å². The van der Waals surface area contributed by atoms with Crippen molar-refractivity contribution in [3.8, 4) is 5.75 Å². The predicted molar refractivity (Wildman–Crippen MR) is 60.8 cm³/mol. The van der Waals surface area contributed by atoms with Crippen LogP contribution in [0.5, 0.6) is 5.75 Å². The zero-order chi connectivity index (χ0) is 10.6. The Balaban J connectivity index is 0.000000461. The SMILES string of the molecule is CC.Cc1ccc2c(c1O)CCCC2. The first-order valence-corrected chi connectivity index (χ1v) is 5.59.